The first-order valence-corrected chi connectivity index (χ1v) is 10.4. The van der Waals surface area contributed by atoms with Crippen LogP contribution in [-0.2, 0) is 20.8 Å². The summed E-state index contributed by atoms with van der Waals surface area (Å²) in [6.45, 7) is 8.84. The Kier molecular flexibility index (Phi) is 6.11. The molecule has 5 heteroatoms. The van der Waals surface area contributed by atoms with Gasteiger partial charge in [0, 0.05) is 45.2 Å². The van der Waals surface area contributed by atoms with Gasteiger partial charge in [-0.05, 0) is 37.7 Å². The van der Waals surface area contributed by atoms with E-state index < -0.39 is 0 Å². The molecular weight excluding hydrogens is 340 g/mol. The molecule has 3 aliphatic rings. The predicted octanol–water partition coefficient (Wildman–Crippen LogP) is 2.47. The minimum atomic E-state index is 0.151. The molecule has 0 saturated carbocycles. The van der Waals surface area contributed by atoms with E-state index in [1.807, 2.05) is 4.90 Å². The summed E-state index contributed by atoms with van der Waals surface area (Å²) < 4.78 is 11.8. The number of nitrogens with zero attached hydrogens (tertiary/aromatic N) is 2. The average Bonchev–Trinajstić information content (AvgIpc) is 3.37. The average molecular weight is 373 g/mol. The number of hydrogen-bond acceptors (Lipinski definition) is 4. The quantitative estimate of drug-likeness (QED) is 0.690. The summed E-state index contributed by atoms with van der Waals surface area (Å²) >= 11 is 0. The summed E-state index contributed by atoms with van der Waals surface area (Å²) in [6, 6.07) is 8.78. The van der Waals surface area contributed by atoms with E-state index in [-0.39, 0.29) is 12.5 Å². The first-order valence-electron chi connectivity index (χ1n) is 10.4. The van der Waals surface area contributed by atoms with Crippen LogP contribution >= 0.6 is 0 Å². The molecule has 0 N–H and O–H groups in total. The van der Waals surface area contributed by atoms with Crippen molar-refractivity contribution in [1.82, 2.24) is 9.80 Å². The van der Waals surface area contributed by atoms with Crippen molar-refractivity contribution >= 4 is 5.91 Å². The Morgan fingerprint density at radius 3 is 2.93 bits per heavy atom. The summed E-state index contributed by atoms with van der Waals surface area (Å²) in [5, 5.41) is 0. The first-order chi connectivity index (χ1) is 13.2. The fourth-order valence-corrected chi connectivity index (χ4v) is 4.83. The molecule has 1 aromatic rings. The fourth-order valence-electron chi connectivity index (χ4n) is 4.83. The Labute approximate surface area is 162 Å². The van der Waals surface area contributed by atoms with Gasteiger partial charge in [0.2, 0.25) is 5.91 Å². The summed E-state index contributed by atoms with van der Waals surface area (Å²) in [5.74, 6) is 1.31. The van der Waals surface area contributed by atoms with Crippen LogP contribution in [0.3, 0.4) is 0 Å². The van der Waals surface area contributed by atoms with Crippen molar-refractivity contribution in [3.05, 3.63) is 35.4 Å². The third kappa shape index (κ3) is 4.71. The number of rotatable bonds is 7. The lowest BCUT2D eigenvalue weighted by Gasteiger charge is -2.20. The van der Waals surface area contributed by atoms with Gasteiger partial charge in [-0.1, -0.05) is 29.8 Å². The lowest BCUT2D eigenvalue weighted by molar-refractivity contribution is -0.135. The molecule has 0 spiro atoms. The number of carbonyl (C=O) groups is 1. The number of likely N-dealkylation sites (tertiary alicyclic amines) is 2. The summed E-state index contributed by atoms with van der Waals surface area (Å²) in [7, 11) is 0. The molecular formula is C22H32N2O3. The molecule has 0 radical (unpaired) electrons. The van der Waals surface area contributed by atoms with E-state index in [0.717, 1.165) is 58.6 Å². The zero-order valence-corrected chi connectivity index (χ0v) is 16.4. The maximum absolute atomic E-state index is 12.0. The number of amides is 1. The Morgan fingerprint density at radius 2 is 2.11 bits per heavy atom. The van der Waals surface area contributed by atoms with Crippen LogP contribution in [0.25, 0.3) is 0 Å². The first kappa shape index (κ1) is 18.9. The van der Waals surface area contributed by atoms with Crippen molar-refractivity contribution in [2.45, 2.75) is 38.8 Å². The third-order valence-electron chi connectivity index (χ3n) is 6.32. The predicted molar refractivity (Wildman–Crippen MR) is 104 cm³/mol. The largest absolute Gasteiger partial charge is 0.376 e. The van der Waals surface area contributed by atoms with Crippen LogP contribution in [0.4, 0.5) is 0 Å². The van der Waals surface area contributed by atoms with Crippen molar-refractivity contribution in [2.75, 3.05) is 46.0 Å². The van der Waals surface area contributed by atoms with Crippen LogP contribution in [0.15, 0.2) is 24.3 Å². The van der Waals surface area contributed by atoms with Crippen LogP contribution in [0, 0.1) is 18.8 Å². The van der Waals surface area contributed by atoms with Gasteiger partial charge in [0.05, 0.1) is 12.7 Å². The van der Waals surface area contributed by atoms with E-state index >= 15 is 0 Å². The number of benzene rings is 1. The highest BCUT2D eigenvalue weighted by molar-refractivity contribution is 5.77. The SMILES string of the molecule is Cc1cccc(CN2C[C@H]3[C@@H](CCOCC(=O)N4CCCC4)CO[C@H]3C2)c1. The summed E-state index contributed by atoms with van der Waals surface area (Å²) in [4.78, 5) is 16.5. The van der Waals surface area contributed by atoms with Gasteiger partial charge in [0.1, 0.15) is 6.61 Å². The second kappa shape index (κ2) is 8.72. The van der Waals surface area contributed by atoms with Crippen LogP contribution in [0.2, 0.25) is 0 Å². The molecule has 5 nitrogen and oxygen atoms in total. The van der Waals surface area contributed by atoms with Gasteiger partial charge in [-0.3, -0.25) is 9.69 Å². The van der Waals surface area contributed by atoms with Gasteiger partial charge in [-0.2, -0.15) is 0 Å². The Bertz CT molecular complexity index is 644. The summed E-state index contributed by atoms with van der Waals surface area (Å²) in [6.07, 6.45) is 3.62. The monoisotopic (exact) mass is 372 g/mol. The minimum absolute atomic E-state index is 0.151. The van der Waals surface area contributed by atoms with Gasteiger partial charge in [-0.25, -0.2) is 0 Å². The van der Waals surface area contributed by atoms with Gasteiger partial charge >= 0.3 is 0 Å². The van der Waals surface area contributed by atoms with Crippen molar-refractivity contribution in [3.63, 3.8) is 0 Å². The van der Waals surface area contributed by atoms with Crippen molar-refractivity contribution in [3.8, 4) is 0 Å². The Hall–Kier alpha value is -1.43. The number of hydrogen-bond donors (Lipinski definition) is 0. The number of fused-ring (bicyclic) bond motifs is 1. The van der Waals surface area contributed by atoms with Crippen LogP contribution in [-0.4, -0.2) is 67.8 Å². The van der Waals surface area contributed by atoms with E-state index in [1.165, 1.54) is 11.1 Å². The van der Waals surface area contributed by atoms with Crippen LogP contribution in [0.1, 0.15) is 30.4 Å². The third-order valence-corrected chi connectivity index (χ3v) is 6.32. The van der Waals surface area contributed by atoms with Crippen molar-refractivity contribution in [1.29, 1.82) is 0 Å². The molecule has 3 aliphatic heterocycles. The molecule has 0 unspecified atom stereocenters. The highest BCUT2D eigenvalue weighted by Gasteiger charge is 2.43. The van der Waals surface area contributed by atoms with Gasteiger partial charge in [-0.15, -0.1) is 0 Å². The van der Waals surface area contributed by atoms with Gasteiger partial charge in [0.15, 0.2) is 0 Å². The minimum Gasteiger partial charge on any atom is -0.376 e. The molecule has 1 aromatic carbocycles. The van der Waals surface area contributed by atoms with E-state index in [4.69, 9.17) is 9.47 Å². The molecule has 3 fully saturated rings. The number of ether oxygens (including phenoxy) is 2. The Balaban J connectivity index is 1.19. The zero-order chi connectivity index (χ0) is 18.6. The molecule has 4 rings (SSSR count). The fraction of sp³-hybridized carbons (Fsp3) is 0.682. The highest BCUT2D eigenvalue weighted by atomic mass is 16.5. The van der Waals surface area contributed by atoms with E-state index in [9.17, 15) is 4.79 Å². The Morgan fingerprint density at radius 1 is 1.26 bits per heavy atom. The molecule has 3 heterocycles. The second-order valence-electron chi connectivity index (χ2n) is 8.41. The van der Waals surface area contributed by atoms with Gasteiger partial charge in [0.25, 0.3) is 0 Å². The van der Waals surface area contributed by atoms with E-state index in [1.54, 1.807) is 0 Å². The lowest BCUT2D eigenvalue weighted by Crippen LogP contribution is -2.31. The molecule has 1 amide bonds. The zero-order valence-electron chi connectivity index (χ0n) is 16.4. The molecule has 3 saturated heterocycles. The number of carbonyl (C=O) groups excluding carboxylic acids is 1. The molecule has 0 bridgehead atoms. The molecule has 3 atom stereocenters. The van der Waals surface area contributed by atoms with Crippen molar-refractivity contribution in [2.24, 2.45) is 11.8 Å². The van der Waals surface area contributed by atoms with E-state index in [0.29, 0.717) is 24.5 Å². The highest BCUT2D eigenvalue weighted by Crippen LogP contribution is 2.36. The molecule has 27 heavy (non-hydrogen) atoms. The maximum atomic E-state index is 12.0. The van der Waals surface area contributed by atoms with Crippen molar-refractivity contribution < 1.29 is 14.3 Å². The molecule has 0 aromatic heterocycles. The van der Waals surface area contributed by atoms with Gasteiger partial charge < -0.3 is 14.4 Å². The second-order valence-corrected chi connectivity index (χ2v) is 8.41. The van der Waals surface area contributed by atoms with Crippen LogP contribution < -0.4 is 0 Å². The summed E-state index contributed by atoms with van der Waals surface area (Å²) in [5.41, 5.74) is 2.71. The van der Waals surface area contributed by atoms with E-state index in [2.05, 4.69) is 36.1 Å². The molecule has 148 valence electrons. The topological polar surface area (TPSA) is 42.0 Å². The standard InChI is InChI=1S/C22H32N2O3/c1-17-5-4-6-18(11-17)12-23-13-20-19(15-27-21(20)14-23)7-10-26-16-22(25)24-8-2-3-9-24/h4-6,11,19-21H,2-3,7-10,12-16H2,1H3/t19-,20-,21-/m0/s1. The smallest absolute Gasteiger partial charge is 0.248 e. The maximum Gasteiger partial charge on any atom is 0.248 e. The van der Waals surface area contributed by atoms with Crippen LogP contribution in [0.5, 0.6) is 0 Å². The number of aryl methyl sites for hydroxylation is 1. The lowest BCUT2D eigenvalue weighted by atomic mass is 9.91. The normalized spacial score (nSPS) is 28.0. The molecule has 0 aliphatic carbocycles.